The zero-order valence-corrected chi connectivity index (χ0v) is 19.2. The Bertz CT molecular complexity index is 882. The zero-order valence-electron chi connectivity index (χ0n) is 18.4. The van der Waals surface area contributed by atoms with Gasteiger partial charge in [-0.3, -0.25) is 19.4 Å². The summed E-state index contributed by atoms with van der Waals surface area (Å²) in [6, 6.07) is 9.06. The van der Waals surface area contributed by atoms with Gasteiger partial charge in [0.2, 0.25) is 11.8 Å². The molecule has 176 valence electrons. The lowest BCUT2D eigenvalue weighted by Gasteiger charge is -2.40. The van der Waals surface area contributed by atoms with Crippen LogP contribution in [0.3, 0.4) is 0 Å². The van der Waals surface area contributed by atoms with Crippen LogP contribution < -0.4 is 0 Å². The molecule has 1 aromatic carbocycles. The number of piperazine rings is 1. The van der Waals surface area contributed by atoms with E-state index in [1.807, 2.05) is 45.0 Å². The van der Waals surface area contributed by atoms with Gasteiger partial charge in [0.25, 0.3) is 0 Å². The Balaban J connectivity index is 1.38. The number of sulfone groups is 1. The number of morpholine rings is 1. The number of benzene rings is 1. The first-order valence-electron chi connectivity index (χ1n) is 11.3. The molecule has 1 aromatic rings. The van der Waals surface area contributed by atoms with E-state index in [0.29, 0.717) is 59.0 Å². The van der Waals surface area contributed by atoms with Gasteiger partial charge in [-0.15, -0.1) is 0 Å². The lowest BCUT2D eigenvalue weighted by Crippen LogP contribution is -2.56. The first-order valence-corrected chi connectivity index (χ1v) is 13.1. The van der Waals surface area contributed by atoms with Crippen LogP contribution in [0.4, 0.5) is 0 Å². The molecule has 3 fully saturated rings. The lowest BCUT2D eigenvalue weighted by molar-refractivity contribution is -0.144. The molecule has 0 saturated carbocycles. The molecular formula is C22H32N4O5S. The molecule has 0 spiro atoms. The molecule has 0 aliphatic carbocycles. The van der Waals surface area contributed by atoms with E-state index in [9.17, 15) is 18.0 Å². The summed E-state index contributed by atoms with van der Waals surface area (Å²) < 4.78 is 29.1. The maximum atomic E-state index is 13.6. The number of ether oxygens (including phenoxy) is 1. The van der Waals surface area contributed by atoms with Crippen molar-refractivity contribution in [2.24, 2.45) is 0 Å². The summed E-state index contributed by atoms with van der Waals surface area (Å²) in [5, 5.41) is 0. The minimum absolute atomic E-state index is 0.0178. The van der Waals surface area contributed by atoms with Crippen molar-refractivity contribution < 1.29 is 22.7 Å². The van der Waals surface area contributed by atoms with E-state index in [-0.39, 0.29) is 23.3 Å². The molecule has 0 aromatic heterocycles. The molecule has 3 saturated heterocycles. The molecule has 4 rings (SSSR count). The average Bonchev–Trinajstić information content (AvgIpc) is 2.81. The Morgan fingerprint density at radius 2 is 1.44 bits per heavy atom. The van der Waals surface area contributed by atoms with Crippen molar-refractivity contribution in [3.05, 3.63) is 35.9 Å². The van der Waals surface area contributed by atoms with Crippen molar-refractivity contribution in [3.63, 3.8) is 0 Å². The van der Waals surface area contributed by atoms with Crippen LogP contribution in [0.2, 0.25) is 0 Å². The van der Waals surface area contributed by atoms with Crippen LogP contribution in [0.5, 0.6) is 0 Å². The number of amides is 2. The van der Waals surface area contributed by atoms with Crippen LogP contribution in [-0.2, 0) is 24.2 Å². The molecule has 32 heavy (non-hydrogen) atoms. The van der Waals surface area contributed by atoms with Crippen LogP contribution in [0.1, 0.15) is 11.6 Å². The van der Waals surface area contributed by atoms with E-state index < -0.39 is 15.9 Å². The van der Waals surface area contributed by atoms with Gasteiger partial charge in [-0.05, 0) is 5.56 Å². The van der Waals surface area contributed by atoms with E-state index in [1.54, 1.807) is 0 Å². The first-order chi connectivity index (χ1) is 15.4. The summed E-state index contributed by atoms with van der Waals surface area (Å²) in [4.78, 5) is 34.0. The van der Waals surface area contributed by atoms with Crippen LogP contribution >= 0.6 is 0 Å². The zero-order chi connectivity index (χ0) is 22.6. The number of carbonyl (C=O) groups is 2. The van der Waals surface area contributed by atoms with Gasteiger partial charge in [0.1, 0.15) is 6.04 Å². The largest absolute Gasteiger partial charge is 0.379 e. The maximum absolute atomic E-state index is 13.6. The van der Waals surface area contributed by atoms with E-state index in [4.69, 9.17) is 4.74 Å². The number of rotatable bonds is 5. The van der Waals surface area contributed by atoms with Crippen LogP contribution in [0, 0.1) is 0 Å². The van der Waals surface area contributed by atoms with Gasteiger partial charge < -0.3 is 14.5 Å². The first kappa shape index (κ1) is 23.2. The van der Waals surface area contributed by atoms with E-state index in [0.717, 1.165) is 18.7 Å². The van der Waals surface area contributed by atoms with Gasteiger partial charge in [-0.1, -0.05) is 30.3 Å². The second kappa shape index (κ2) is 10.3. The van der Waals surface area contributed by atoms with Gasteiger partial charge in [0.15, 0.2) is 9.84 Å². The highest BCUT2D eigenvalue weighted by molar-refractivity contribution is 7.91. The Hall–Kier alpha value is -2.01. The molecule has 1 unspecified atom stereocenters. The van der Waals surface area contributed by atoms with E-state index in [1.165, 1.54) is 0 Å². The quantitative estimate of drug-likeness (QED) is 0.578. The van der Waals surface area contributed by atoms with Crippen molar-refractivity contribution in [2.75, 3.05) is 83.6 Å². The number of carbonyl (C=O) groups excluding carboxylic acids is 2. The van der Waals surface area contributed by atoms with Crippen molar-refractivity contribution >= 4 is 21.7 Å². The Morgan fingerprint density at radius 1 is 0.844 bits per heavy atom. The standard InChI is InChI=1S/C22H32N4O5S/c27-20(18-23-10-14-31-15-11-23)24-6-8-26(9-7-24)22(28)21(19-4-2-1-3-5-19)25-12-16-32(29,30)17-13-25/h1-5,21H,6-18H2. The number of hydrogen-bond acceptors (Lipinski definition) is 7. The van der Waals surface area contributed by atoms with Crippen molar-refractivity contribution in [3.8, 4) is 0 Å². The fraction of sp³-hybridized carbons (Fsp3) is 0.636. The summed E-state index contributed by atoms with van der Waals surface area (Å²) in [5.41, 5.74) is 0.877. The maximum Gasteiger partial charge on any atom is 0.244 e. The molecule has 0 bridgehead atoms. The molecule has 3 aliphatic heterocycles. The highest BCUT2D eigenvalue weighted by Gasteiger charge is 2.36. The van der Waals surface area contributed by atoms with Gasteiger partial charge in [-0.25, -0.2) is 8.42 Å². The van der Waals surface area contributed by atoms with Crippen molar-refractivity contribution in [1.29, 1.82) is 0 Å². The number of hydrogen-bond donors (Lipinski definition) is 0. The summed E-state index contributed by atoms with van der Waals surface area (Å²) in [7, 11) is -3.03. The van der Waals surface area contributed by atoms with E-state index in [2.05, 4.69) is 4.90 Å². The van der Waals surface area contributed by atoms with Crippen molar-refractivity contribution in [2.45, 2.75) is 6.04 Å². The Labute approximate surface area is 189 Å². The molecule has 10 heteroatoms. The van der Waals surface area contributed by atoms with Crippen LogP contribution in [0.25, 0.3) is 0 Å². The second-order valence-electron chi connectivity index (χ2n) is 8.60. The fourth-order valence-electron chi connectivity index (χ4n) is 4.53. The molecule has 1 atom stereocenters. The molecular weight excluding hydrogens is 432 g/mol. The third-order valence-electron chi connectivity index (χ3n) is 6.50. The minimum atomic E-state index is -3.03. The summed E-state index contributed by atoms with van der Waals surface area (Å²) in [6.07, 6.45) is 0. The molecule has 3 heterocycles. The molecule has 9 nitrogen and oxygen atoms in total. The Kier molecular flexibility index (Phi) is 7.44. The van der Waals surface area contributed by atoms with Gasteiger partial charge >= 0.3 is 0 Å². The SMILES string of the molecule is O=C(CN1CCOCC1)N1CCN(C(=O)C(c2ccccc2)N2CCS(=O)(=O)CC2)CC1. The van der Waals surface area contributed by atoms with Gasteiger partial charge in [0.05, 0.1) is 31.3 Å². The summed E-state index contributed by atoms with van der Waals surface area (Å²) in [6.45, 7) is 5.98. The molecule has 0 radical (unpaired) electrons. The molecule has 3 aliphatic rings. The third kappa shape index (κ3) is 5.67. The second-order valence-corrected chi connectivity index (χ2v) is 10.9. The van der Waals surface area contributed by atoms with Crippen LogP contribution in [0.15, 0.2) is 30.3 Å². The highest BCUT2D eigenvalue weighted by atomic mass is 32.2. The van der Waals surface area contributed by atoms with Gasteiger partial charge in [-0.2, -0.15) is 0 Å². The summed E-state index contributed by atoms with van der Waals surface area (Å²) >= 11 is 0. The predicted octanol–water partition coefficient (Wildman–Crippen LogP) is -0.539. The molecule has 0 N–H and O–H groups in total. The monoisotopic (exact) mass is 464 g/mol. The minimum Gasteiger partial charge on any atom is -0.379 e. The Morgan fingerprint density at radius 3 is 2.06 bits per heavy atom. The summed E-state index contributed by atoms with van der Waals surface area (Å²) in [5.74, 6) is 0.233. The highest BCUT2D eigenvalue weighted by Crippen LogP contribution is 2.26. The van der Waals surface area contributed by atoms with E-state index >= 15 is 0 Å². The smallest absolute Gasteiger partial charge is 0.244 e. The average molecular weight is 465 g/mol. The molecule has 2 amide bonds. The lowest BCUT2D eigenvalue weighted by atomic mass is 10.0. The normalized spacial score (nSPS) is 23.6. The van der Waals surface area contributed by atoms with Crippen LogP contribution in [-0.4, -0.2) is 123 Å². The van der Waals surface area contributed by atoms with Gasteiger partial charge in [0, 0.05) is 52.4 Å². The predicted molar refractivity (Wildman–Crippen MR) is 120 cm³/mol. The van der Waals surface area contributed by atoms with Crippen molar-refractivity contribution in [1.82, 2.24) is 19.6 Å². The third-order valence-corrected chi connectivity index (χ3v) is 8.11. The number of nitrogens with zero attached hydrogens (tertiary/aromatic N) is 4. The topological polar surface area (TPSA) is 90.5 Å². The fourth-order valence-corrected chi connectivity index (χ4v) is 5.76.